The second-order valence-electron chi connectivity index (χ2n) is 11.5. The van der Waals surface area contributed by atoms with Crippen molar-refractivity contribution in [2.75, 3.05) is 13.2 Å². The van der Waals surface area contributed by atoms with Crippen LogP contribution >= 0.6 is 11.3 Å². The van der Waals surface area contributed by atoms with Gasteiger partial charge in [-0.2, -0.15) is 0 Å². The summed E-state index contributed by atoms with van der Waals surface area (Å²) in [6.45, 7) is 10.3. The number of nitrogens with one attached hydrogen (secondary N) is 2. The second kappa shape index (κ2) is 16.4. The van der Waals surface area contributed by atoms with Crippen LogP contribution in [0.4, 0.5) is 0 Å². The maximum atomic E-state index is 13.4. The van der Waals surface area contributed by atoms with Gasteiger partial charge in [0.05, 0.1) is 17.6 Å². The number of hydrogen-bond donors (Lipinski definition) is 2. The normalized spacial score (nSPS) is 12.2. The number of carbonyl (C=O) groups is 2. The number of imidazole rings is 1. The van der Waals surface area contributed by atoms with Crippen LogP contribution in [0.3, 0.4) is 0 Å². The van der Waals surface area contributed by atoms with E-state index in [2.05, 4.69) is 60.4 Å². The highest BCUT2D eigenvalue weighted by Gasteiger charge is 2.23. The topological polar surface area (TPSA) is 85.2 Å². The molecule has 0 bridgehead atoms. The monoisotopic (exact) mass is 602 g/mol. The summed E-state index contributed by atoms with van der Waals surface area (Å²) in [5, 5.41) is 8.11. The highest BCUT2D eigenvalue weighted by Crippen LogP contribution is 2.28. The van der Waals surface area contributed by atoms with Gasteiger partial charge in [0, 0.05) is 36.1 Å². The van der Waals surface area contributed by atoms with E-state index in [1.807, 2.05) is 48.5 Å². The van der Waals surface area contributed by atoms with E-state index in [1.165, 1.54) is 4.88 Å². The van der Waals surface area contributed by atoms with Gasteiger partial charge in [-0.3, -0.25) is 9.59 Å². The summed E-state index contributed by atoms with van der Waals surface area (Å²) in [5.74, 6) is 1.03. The first-order valence-electron chi connectivity index (χ1n) is 15.6. The van der Waals surface area contributed by atoms with Gasteiger partial charge < -0.3 is 19.9 Å². The Morgan fingerprint density at radius 2 is 1.79 bits per heavy atom. The van der Waals surface area contributed by atoms with Crippen molar-refractivity contribution in [3.05, 3.63) is 87.9 Å². The van der Waals surface area contributed by atoms with E-state index in [-0.39, 0.29) is 11.8 Å². The lowest BCUT2D eigenvalue weighted by atomic mass is 10.0. The van der Waals surface area contributed by atoms with Crippen LogP contribution in [0.2, 0.25) is 0 Å². The molecule has 0 radical (unpaired) electrons. The van der Waals surface area contributed by atoms with Crippen molar-refractivity contribution in [1.29, 1.82) is 0 Å². The van der Waals surface area contributed by atoms with Crippen LogP contribution < -0.4 is 10.6 Å². The van der Waals surface area contributed by atoms with Crippen molar-refractivity contribution in [3.63, 3.8) is 0 Å². The van der Waals surface area contributed by atoms with Crippen molar-refractivity contribution in [3.8, 4) is 0 Å². The Kier molecular flexibility index (Phi) is 12.4. The summed E-state index contributed by atoms with van der Waals surface area (Å²) < 4.78 is 8.08. The number of nitrogens with zero attached hydrogens (tertiary/aromatic N) is 2. The van der Waals surface area contributed by atoms with Crippen LogP contribution in [0.15, 0.2) is 66.0 Å². The Hall–Kier alpha value is -3.49. The zero-order valence-corrected chi connectivity index (χ0v) is 26.8. The quantitative estimate of drug-likeness (QED) is 0.124. The van der Waals surface area contributed by atoms with Crippen molar-refractivity contribution in [1.82, 2.24) is 20.2 Å². The van der Waals surface area contributed by atoms with Crippen molar-refractivity contribution in [2.24, 2.45) is 5.92 Å². The largest absolute Gasteiger partial charge is 0.377 e. The molecule has 4 aromatic rings. The molecule has 0 aliphatic heterocycles. The van der Waals surface area contributed by atoms with Gasteiger partial charge in [0.25, 0.3) is 5.91 Å². The molecule has 2 aromatic carbocycles. The Morgan fingerprint density at radius 3 is 2.49 bits per heavy atom. The summed E-state index contributed by atoms with van der Waals surface area (Å²) in [5.41, 5.74) is 3.49. The number of hydrogen-bond acceptors (Lipinski definition) is 5. The van der Waals surface area contributed by atoms with Gasteiger partial charge in [-0.15, -0.1) is 11.3 Å². The lowest BCUT2D eigenvalue weighted by molar-refractivity contribution is -0.123. The summed E-state index contributed by atoms with van der Waals surface area (Å²) in [6.07, 6.45) is 4.90. The van der Waals surface area contributed by atoms with Crippen molar-refractivity contribution >= 4 is 34.2 Å². The van der Waals surface area contributed by atoms with E-state index >= 15 is 0 Å². The summed E-state index contributed by atoms with van der Waals surface area (Å²) in [7, 11) is 0. The molecule has 0 spiro atoms. The molecule has 0 fully saturated rings. The minimum atomic E-state index is -0.604. The smallest absolute Gasteiger partial charge is 0.252 e. The van der Waals surface area contributed by atoms with E-state index in [0.29, 0.717) is 50.1 Å². The fourth-order valence-corrected chi connectivity index (χ4v) is 6.03. The minimum absolute atomic E-state index is 0.158. The highest BCUT2D eigenvalue weighted by atomic mass is 32.1. The van der Waals surface area contributed by atoms with Crippen LogP contribution in [0, 0.1) is 5.92 Å². The third kappa shape index (κ3) is 9.25. The first kappa shape index (κ1) is 32.4. The zero-order chi connectivity index (χ0) is 30.6. The molecule has 0 aliphatic carbocycles. The number of carbonyl (C=O) groups excluding carboxylic acids is 2. The van der Waals surface area contributed by atoms with Gasteiger partial charge in [-0.1, -0.05) is 64.1 Å². The van der Waals surface area contributed by atoms with Crippen LogP contribution in [0.1, 0.15) is 92.5 Å². The van der Waals surface area contributed by atoms with Crippen molar-refractivity contribution in [2.45, 2.75) is 84.9 Å². The average molecular weight is 603 g/mol. The molecule has 2 heterocycles. The van der Waals surface area contributed by atoms with Gasteiger partial charge in [-0.25, -0.2) is 4.98 Å². The van der Waals surface area contributed by atoms with Gasteiger partial charge in [0.2, 0.25) is 5.91 Å². The van der Waals surface area contributed by atoms with E-state index in [0.717, 1.165) is 48.1 Å². The van der Waals surface area contributed by atoms with E-state index in [9.17, 15) is 9.59 Å². The standard InChI is InChI=1S/C35H46N4O3S/c1-5-28(6-2)39-32-18-16-27(22-31(32)37-33(39)23-29-14-10-21-43-29)34(40)38-30(17-15-25(3)4)35(41)36-19-11-20-42-24-26-12-8-7-9-13-26/h7-10,12-14,16,18,21-22,25,28,30H,5-6,11,15,17,19-20,23-24H2,1-4H3,(H,36,41)(H,38,40). The number of rotatable bonds is 17. The molecule has 0 aliphatic rings. The van der Waals surface area contributed by atoms with Gasteiger partial charge in [0.15, 0.2) is 0 Å². The minimum Gasteiger partial charge on any atom is -0.377 e. The number of fused-ring (bicyclic) bond motifs is 1. The first-order valence-corrected chi connectivity index (χ1v) is 16.5. The Balaban J connectivity index is 1.41. The number of ether oxygens (including phenoxy) is 1. The van der Waals surface area contributed by atoms with E-state index < -0.39 is 6.04 Å². The van der Waals surface area contributed by atoms with Crippen molar-refractivity contribution < 1.29 is 14.3 Å². The summed E-state index contributed by atoms with van der Waals surface area (Å²) >= 11 is 1.73. The molecule has 1 atom stereocenters. The molecular formula is C35H46N4O3S. The molecule has 0 saturated carbocycles. The third-order valence-electron chi connectivity index (χ3n) is 7.78. The van der Waals surface area contributed by atoms with Gasteiger partial charge >= 0.3 is 0 Å². The maximum Gasteiger partial charge on any atom is 0.252 e. The van der Waals surface area contributed by atoms with E-state index in [1.54, 1.807) is 11.3 Å². The molecule has 4 rings (SSSR count). The predicted octanol–water partition coefficient (Wildman–Crippen LogP) is 7.31. The fraction of sp³-hybridized carbons (Fsp3) is 0.457. The highest BCUT2D eigenvalue weighted by molar-refractivity contribution is 7.09. The number of thiophene rings is 1. The van der Waals surface area contributed by atoms with Crippen LogP contribution in [0.5, 0.6) is 0 Å². The zero-order valence-electron chi connectivity index (χ0n) is 26.0. The number of aromatic nitrogens is 2. The first-order chi connectivity index (χ1) is 20.9. The lowest BCUT2D eigenvalue weighted by Gasteiger charge is -2.20. The molecule has 2 amide bonds. The molecule has 0 saturated heterocycles. The van der Waals surface area contributed by atoms with Crippen LogP contribution in [0.25, 0.3) is 11.0 Å². The van der Waals surface area contributed by atoms with Gasteiger partial charge in [-0.05, 0) is 73.2 Å². The van der Waals surface area contributed by atoms with Crippen LogP contribution in [-0.4, -0.2) is 40.6 Å². The molecule has 230 valence electrons. The number of amides is 2. The fourth-order valence-electron chi connectivity index (χ4n) is 5.33. The molecule has 8 heteroatoms. The molecular weight excluding hydrogens is 556 g/mol. The summed E-state index contributed by atoms with van der Waals surface area (Å²) in [6, 6.07) is 19.7. The van der Waals surface area contributed by atoms with Gasteiger partial charge in [0.1, 0.15) is 11.9 Å². The predicted molar refractivity (Wildman–Crippen MR) is 176 cm³/mol. The SMILES string of the molecule is CCC(CC)n1c(Cc2cccs2)nc2cc(C(=O)NC(CCC(C)C)C(=O)NCCCOCc3ccccc3)ccc21. The molecule has 43 heavy (non-hydrogen) atoms. The number of benzene rings is 2. The average Bonchev–Trinajstić information content (AvgIpc) is 3.65. The Morgan fingerprint density at radius 1 is 1.00 bits per heavy atom. The lowest BCUT2D eigenvalue weighted by Crippen LogP contribution is -2.47. The summed E-state index contributed by atoms with van der Waals surface area (Å²) in [4.78, 5) is 32.9. The second-order valence-corrected chi connectivity index (χ2v) is 12.5. The molecule has 1 unspecified atom stereocenters. The van der Waals surface area contributed by atoms with E-state index in [4.69, 9.17) is 9.72 Å². The molecule has 2 N–H and O–H groups in total. The molecule has 7 nitrogen and oxygen atoms in total. The van der Waals surface area contributed by atoms with Crippen LogP contribution in [-0.2, 0) is 22.6 Å². The molecule has 2 aromatic heterocycles. The Bertz CT molecular complexity index is 1430. The third-order valence-corrected chi connectivity index (χ3v) is 8.65. The maximum absolute atomic E-state index is 13.4. The Labute approximate surface area is 260 Å².